The zero-order chi connectivity index (χ0) is 14.5. The van der Waals surface area contributed by atoms with E-state index in [1.807, 2.05) is 19.6 Å². The summed E-state index contributed by atoms with van der Waals surface area (Å²) in [6.07, 6.45) is 1.58. The molecule has 0 fully saturated rings. The lowest BCUT2D eigenvalue weighted by Gasteiger charge is -2.18. The summed E-state index contributed by atoms with van der Waals surface area (Å²) in [5.41, 5.74) is 0.624. The highest BCUT2D eigenvalue weighted by Crippen LogP contribution is 2.14. The summed E-state index contributed by atoms with van der Waals surface area (Å²) in [5, 5.41) is 2.65. The summed E-state index contributed by atoms with van der Waals surface area (Å²) < 4.78 is 5.42. The molecule has 0 unspecified atom stereocenters. The van der Waals surface area contributed by atoms with Gasteiger partial charge in [0.05, 0.1) is 11.1 Å². The maximum absolute atomic E-state index is 12.1. The monoisotopic (exact) mass is 277 g/mol. The Morgan fingerprint density at radius 2 is 1.84 bits per heavy atom. The Labute approximate surface area is 114 Å². The van der Waals surface area contributed by atoms with Gasteiger partial charge in [0.2, 0.25) is 8.32 Å². The first-order valence-corrected chi connectivity index (χ1v) is 9.47. The molecule has 1 rings (SSSR count). The molecule has 0 aliphatic carbocycles. The Balaban J connectivity index is 2.98. The van der Waals surface area contributed by atoms with Crippen LogP contribution in [0.2, 0.25) is 19.6 Å². The molecule has 0 heterocycles. The van der Waals surface area contributed by atoms with Crippen molar-refractivity contribution in [1.82, 2.24) is 5.32 Å². The van der Waals surface area contributed by atoms with E-state index in [-0.39, 0.29) is 5.91 Å². The Morgan fingerprint density at radius 3 is 2.37 bits per heavy atom. The quantitative estimate of drug-likeness (QED) is 0.665. The molecule has 1 N–H and O–H groups in total. The Bertz CT molecular complexity index is 492. The first-order chi connectivity index (χ1) is 8.85. The summed E-state index contributed by atoms with van der Waals surface area (Å²) in [7, 11) is -1.98. The summed E-state index contributed by atoms with van der Waals surface area (Å²) in [4.78, 5) is 24.0. The molecule has 0 spiro atoms. The third kappa shape index (κ3) is 4.71. The highest BCUT2D eigenvalue weighted by atomic mass is 28.4. The summed E-state index contributed by atoms with van der Waals surface area (Å²) in [6.45, 7) is 9.65. The van der Waals surface area contributed by atoms with Crippen molar-refractivity contribution in [3.63, 3.8) is 0 Å². The number of benzene rings is 1. The fourth-order valence-corrected chi connectivity index (χ4v) is 2.12. The largest absolute Gasteiger partial charge is 0.516 e. The first-order valence-electron chi connectivity index (χ1n) is 6.06. The van der Waals surface area contributed by atoms with Gasteiger partial charge in [-0.05, 0) is 31.8 Å². The fourth-order valence-electron chi connectivity index (χ4n) is 1.45. The molecule has 0 saturated carbocycles. The van der Waals surface area contributed by atoms with Crippen molar-refractivity contribution in [3.8, 4) is 0 Å². The molecule has 4 nitrogen and oxygen atoms in total. The van der Waals surface area contributed by atoms with Crippen molar-refractivity contribution >= 4 is 20.2 Å². The van der Waals surface area contributed by atoms with Crippen LogP contribution in [-0.2, 0) is 4.43 Å². The minimum absolute atomic E-state index is 0.298. The van der Waals surface area contributed by atoms with Crippen molar-refractivity contribution in [2.45, 2.75) is 19.6 Å². The number of amides is 1. The Hall–Kier alpha value is -1.88. The van der Waals surface area contributed by atoms with Gasteiger partial charge >= 0.3 is 5.97 Å². The van der Waals surface area contributed by atoms with E-state index in [1.165, 1.54) is 0 Å². The molecule has 102 valence electrons. The highest BCUT2D eigenvalue weighted by Gasteiger charge is 2.24. The van der Waals surface area contributed by atoms with E-state index < -0.39 is 14.3 Å². The van der Waals surface area contributed by atoms with Gasteiger partial charge in [0, 0.05) is 6.54 Å². The Kier molecular flexibility index (Phi) is 5.06. The average Bonchev–Trinajstić information content (AvgIpc) is 2.34. The molecule has 0 bridgehead atoms. The van der Waals surface area contributed by atoms with Crippen LogP contribution in [0.3, 0.4) is 0 Å². The number of rotatable bonds is 5. The second kappa shape index (κ2) is 6.33. The molecule has 19 heavy (non-hydrogen) atoms. The predicted molar refractivity (Wildman–Crippen MR) is 77.7 cm³/mol. The molecule has 1 amide bonds. The van der Waals surface area contributed by atoms with Crippen molar-refractivity contribution < 1.29 is 14.0 Å². The van der Waals surface area contributed by atoms with Crippen LogP contribution in [0, 0.1) is 0 Å². The van der Waals surface area contributed by atoms with Gasteiger partial charge in [-0.3, -0.25) is 4.79 Å². The SMILES string of the molecule is C=CCNC(=O)c1ccccc1C(=O)O[Si](C)(C)C. The van der Waals surface area contributed by atoms with Gasteiger partial charge in [0.25, 0.3) is 5.91 Å². The van der Waals surface area contributed by atoms with E-state index in [1.54, 1.807) is 30.3 Å². The lowest BCUT2D eigenvalue weighted by molar-refractivity contribution is 0.0718. The van der Waals surface area contributed by atoms with E-state index in [4.69, 9.17) is 4.43 Å². The van der Waals surface area contributed by atoms with Crippen molar-refractivity contribution in [1.29, 1.82) is 0 Å². The zero-order valence-corrected chi connectivity index (χ0v) is 12.5. The van der Waals surface area contributed by atoms with Crippen LogP contribution in [0.1, 0.15) is 20.7 Å². The van der Waals surface area contributed by atoms with E-state index >= 15 is 0 Å². The maximum atomic E-state index is 12.1. The minimum atomic E-state index is -1.98. The van der Waals surface area contributed by atoms with Gasteiger partial charge in [-0.25, -0.2) is 4.79 Å². The second-order valence-corrected chi connectivity index (χ2v) is 9.48. The number of carbonyl (C=O) groups excluding carboxylic acids is 2. The Morgan fingerprint density at radius 1 is 1.26 bits per heavy atom. The standard InChI is InChI=1S/C14H19NO3Si/c1-5-10-15-13(16)11-8-6-7-9-12(11)14(17)18-19(2,3)4/h5-9H,1,10H2,2-4H3,(H,15,16). The average molecular weight is 277 g/mol. The van der Waals surface area contributed by atoms with E-state index in [0.717, 1.165) is 0 Å². The summed E-state index contributed by atoms with van der Waals surface area (Å²) in [6, 6.07) is 6.64. The molecular formula is C14H19NO3Si. The van der Waals surface area contributed by atoms with Crippen LogP contribution >= 0.6 is 0 Å². The summed E-state index contributed by atoms with van der Waals surface area (Å²) >= 11 is 0. The van der Waals surface area contributed by atoms with Crippen LogP contribution in [0.5, 0.6) is 0 Å². The first kappa shape index (κ1) is 15.2. The van der Waals surface area contributed by atoms with Gasteiger partial charge in [-0.1, -0.05) is 18.2 Å². The van der Waals surface area contributed by atoms with Gasteiger partial charge in [-0.15, -0.1) is 6.58 Å². The van der Waals surface area contributed by atoms with Crippen molar-refractivity contribution in [2.24, 2.45) is 0 Å². The lowest BCUT2D eigenvalue weighted by Crippen LogP contribution is -2.31. The van der Waals surface area contributed by atoms with E-state index in [2.05, 4.69) is 11.9 Å². The predicted octanol–water partition coefficient (Wildman–Crippen LogP) is 2.59. The molecule has 0 radical (unpaired) electrons. The third-order valence-electron chi connectivity index (χ3n) is 2.20. The van der Waals surface area contributed by atoms with Crippen LogP contribution in [0.4, 0.5) is 0 Å². The molecule has 0 aromatic heterocycles. The second-order valence-electron chi connectivity index (χ2n) is 5.05. The van der Waals surface area contributed by atoms with Crippen LogP contribution in [0.15, 0.2) is 36.9 Å². The van der Waals surface area contributed by atoms with Crippen molar-refractivity contribution in [3.05, 3.63) is 48.0 Å². The maximum Gasteiger partial charge on any atom is 0.325 e. The number of hydrogen-bond donors (Lipinski definition) is 1. The number of carbonyl (C=O) groups is 2. The molecule has 0 aliphatic rings. The normalized spacial score (nSPS) is 10.7. The molecule has 1 aromatic carbocycles. The number of nitrogens with one attached hydrogen (secondary N) is 1. The van der Waals surface area contributed by atoms with Crippen molar-refractivity contribution in [2.75, 3.05) is 6.54 Å². The van der Waals surface area contributed by atoms with Gasteiger partial charge in [0.1, 0.15) is 0 Å². The molecule has 1 aromatic rings. The summed E-state index contributed by atoms with van der Waals surface area (Å²) in [5.74, 6) is -0.744. The molecule has 0 aliphatic heterocycles. The molecule has 5 heteroatoms. The van der Waals surface area contributed by atoms with Crippen LogP contribution < -0.4 is 5.32 Å². The minimum Gasteiger partial charge on any atom is -0.516 e. The van der Waals surface area contributed by atoms with Crippen LogP contribution in [-0.4, -0.2) is 26.7 Å². The third-order valence-corrected chi connectivity index (χ3v) is 3.00. The molecule has 0 atom stereocenters. The lowest BCUT2D eigenvalue weighted by atomic mass is 10.1. The smallest absolute Gasteiger partial charge is 0.325 e. The molecule has 0 saturated heterocycles. The fraction of sp³-hybridized carbons (Fsp3) is 0.286. The number of hydrogen-bond acceptors (Lipinski definition) is 3. The van der Waals surface area contributed by atoms with Gasteiger partial charge < -0.3 is 9.74 Å². The molecular weight excluding hydrogens is 258 g/mol. The van der Waals surface area contributed by atoms with Crippen LogP contribution in [0.25, 0.3) is 0 Å². The highest BCUT2D eigenvalue weighted by molar-refractivity contribution is 6.71. The van der Waals surface area contributed by atoms with E-state index in [0.29, 0.717) is 17.7 Å². The zero-order valence-electron chi connectivity index (χ0n) is 11.5. The van der Waals surface area contributed by atoms with Gasteiger partial charge in [-0.2, -0.15) is 0 Å². The topological polar surface area (TPSA) is 55.4 Å². The van der Waals surface area contributed by atoms with Gasteiger partial charge in [0.15, 0.2) is 0 Å². The van der Waals surface area contributed by atoms with E-state index in [9.17, 15) is 9.59 Å².